The van der Waals surface area contributed by atoms with E-state index in [9.17, 15) is 9.18 Å². The normalized spacial score (nSPS) is 24.0. The number of amides is 1. The summed E-state index contributed by atoms with van der Waals surface area (Å²) in [6.07, 6.45) is 3.90. The van der Waals surface area contributed by atoms with Gasteiger partial charge in [0.05, 0.1) is 19.6 Å². The van der Waals surface area contributed by atoms with E-state index < -0.39 is 0 Å². The molecule has 0 saturated carbocycles. The van der Waals surface area contributed by atoms with E-state index in [1.54, 1.807) is 18.2 Å². The van der Waals surface area contributed by atoms with E-state index in [1.165, 1.54) is 12.1 Å². The van der Waals surface area contributed by atoms with Gasteiger partial charge in [0.1, 0.15) is 17.7 Å². The molecule has 1 amide bonds. The summed E-state index contributed by atoms with van der Waals surface area (Å²) in [5.74, 6) is 0.626. The minimum absolute atomic E-state index is 0.0393. The Morgan fingerprint density at radius 3 is 2.63 bits per heavy atom. The van der Waals surface area contributed by atoms with Crippen LogP contribution in [-0.4, -0.2) is 56.3 Å². The molecule has 3 heterocycles. The highest BCUT2D eigenvalue weighted by Crippen LogP contribution is 2.50. The van der Waals surface area contributed by atoms with E-state index >= 15 is 0 Å². The largest absolute Gasteiger partial charge is 0.488 e. The maximum absolute atomic E-state index is 14.2. The number of halogens is 3. The standard InChI is InChI=1S/C27H31Cl2FN2O3/c28-19-11-18(12-20(29)14-19)13-26(33)32-8-5-27(6-9-32)4-7-31-16-24(27)23-2-1-21(30)15-25(23)35-22-3-10-34-17-22/h1-2,11-12,14-15,22,24,31H,3-10,13,16-17H2/t22-,24+/m1/s1. The van der Waals surface area contributed by atoms with Gasteiger partial charge in [-0.25, -0.2) is 4.39 Å². The smallest absolute Gasteiger partial charge is 0.226 e. The number of hydrogen-bond acceptors (Lipinski definition) is 4. The molecule has 2 aromatic rings. The van der Waals surface area contributed by atoms with Crippen molar-refractivity contribution in [3.63, 3.8) is 0 Å². The van der Waals surface area contributed by atoms with Gasteiger partial charge in [0.15, 0.2) is 0 Å². The molecule has 3 saturated heterocycles. The van der Waals surface area contributed by atoms with Crippen LogP contribution in [0.5, 0.6) is 5.75 Å². The van der Waals surface area contributed by atoms with Gasteiger partial charge in [0, 0.05) is 48.1 Å². The van der Waals surface area contributed by atoms with Crippen molar-refractivity contribution < 1.29 is 18.7 Å². The molecule has 0 aromatic heterocycles. The Morgan fingerprint density at radius 2 is 1.91 bits per heavy atom. The summed E-state index contributed by atoms with van der Waals surface area (Å²) in [5.41, 5.74) is 1.93. The first kappa shape index (κ1) is 24.8. The van der Waals surface area contributed by atoms with Crippen LogP contribution >= 0.6 is 23.2 Å². The molecule has 0 radical (unpaired) electrons. The molecule has 35 heavy (non-hydrogen) atoms. The van der Waals surface area contributed by atoms with Crippen LogP contribution < -0.4 is 10.1 Å². The molecule has 3 aliphatic rings. The fourth-order valence-corrected chi connectivity index (χ4v) is 6.47. The van der Waals surface area contributed by atoms with Crippen molar-refractivity contribution in [1.29, 1.82) is 0 Å². The van der Waals surface area contributed by atoms with Crippen LogP contribution in [0.3, 0.4) is 0 Å². The lowest BCUT2D eigenvalue weighted by Crippen LogP contribution is -2.51. The Balaban J connectivity index is 1.31. The number of hydrogen-bond donors (Lipinski definition) is 1. The maximum Gasteiger partial charge on any atom is 0.226 e. The van der Waals surface area contributed by atoms with Crippen molar-refractivity contribution in [3.05, 3.63) is 63.4 Å². The van der Waals surface area contributed by atoms with E-state index in [0.29, 0.717) is 42.1 Å². The fourth-order valence-electron chi connectivity index (χ4n) is 5.90. The molecular weight excluding hydrogens is 490 g/mol. The summed E-state index contributed by atoms with van der Waals surface area (Å²) in [4.78, 5) is 15.0. The molecule has 8 heteroatoms. The lowest BCUT2D eigenvalue weighted by atomic mass is 9.62. The second-order valence-corrected chi connectivity index (χ2v) is 10.9. The number of likely N-dealkylation sites (tertiary alicyclic amines) is 1. The average Bonchev–Trinajstić information content (AvgIpc) is 3.33. The van der Waals surface area contributed by atoms with Crippen molar-refractivity contribution >= 4 is 29.1 Å². The number of nitrogens with zero attached hydrogens (tertiary/aromatic N) is 1. The molecule has 3 aliphatic heterocycles. The molecule has 188 valence electrons. The molecule has 0 bridgehead atoms. The number of carbonyl (C=O) groups is 1. The monoisotopic (exact) mass is 520 g/mol. The number of carbonyl (C=O) groups excluding carboxylic acids is 1. The number of piperidine rings is 2. The Labute approximate surface area is 215 Å². The van der Waals surface area contributed by atoms with Gasteiger partial charge in [-0.15, -0.1) is 0 Å². The first-order valence-electron chi connectivity index (χ1n) is 12.4. The molecule has 5 nitrogen and oxygen atoms in total. The highest BCUT2D eigenvalue weighted by molar-refractivity contribution is 6.34. The molecule has 0 unspecified atom stereocenters. The lowest BCUT2D eigenvalue weighted by molar-refractivity contribution is -0.133. The van der Waals surface area contributed by atoms with Crippen LogP contribution in [0.25, 0.3) is 0 Å². The second-order valence-electron chi connectivity index (χ2n) is 9.99. The minimum Gasteiger partial charge on any atom is -0.488 e. The number of rotatable bonds is 5. The molecular formula is C27H31Cl2FN2O3. The van der Waals surface area contributed by atoms with Gasteiger partial charge < -0.3 is 19.7 Å². The van der Waals surface area contributed by atoms with Gasteiger partial charge in [0.25, 0.3) is 0 Å². The van der Waals surface area contributed by atoms with Crippen LogP contribution in [0.15, 0.2) is 36.4 Å². The van der Waals surface area contributed by atoms with E-state index in [-0.39, 0.29) is 35.6 Å². The SMILES string of the molecule is O=C(Cc1cc(Cl)cc(Cl)c1)N1CCC2(CCNC[C@H]2c2ccc(F)cc2O[C@@H]2CCOC2)CC1. The first-order chi connectivity index (χ1) is 16.9. The van der Waals surface area contributed by atoms with Crippen LogP contribution in [0.1, 0.15) is 42.7 Å². The van der Waals surface area contributed by atoms with Gasteiger partial charge in [-0.3, -0.25) is 4.79 Å². The summed E-state index contributed by atoms with van der Waals surface area (Å²) >= 11 is 12.2. The Hall–Kier alpha value is -1.86. The first-order valence-corrected chi connectivity index (χ1v) is 13.1. The van der Waals surface area contributed by atoms with E-state index in [4.69, 9.17) is 32.7 Å². The van der Waals surface area contributed by atoms with Gasteiger partial charge in [0.2, 0.25) is 5.91 Å². The summed E-state index contributed by atoms with van der Waals surface area (Å²) in [5, 5.41) is 4.62. The summed E-state index contributed by atoms with van der Waals surface area (Å²) in [6, 6.07) is 10.2. The van der Waals surface area contributed by atoms with Crippen LogP contribution in [0, 0.1) is 11.2 Å². The zero-order valence-electron chi connectivity index (χ0n) is 19.7. The van der Waals surface area contributed by atoms with Gasteiger partial charge >= 0.3 is 0 Å². The quantitative estimate of drug-likeness (QED) is 0.586. The molecule has 2 atom stereocenters. The van der Waals surface area contributed by atoms with Crippen LogP contribution in [0.4, 0.5) is 4.39 Å². The van der Waals surface area contributed by atoms with Crippen LogP contribution in [-0.2, 0) is 16.0 Å². The predicted octanol–water partition coefficient (Wildman–Crippen LogP) is 5.23. The van der Waals surface area contributed by atoms with E-state index in [0.717, 1.165) is 49.9 Å². The molecule has 1 spiro atoms. The number of ether oxygens (including phenoxy) is 2. The number of nitrogens with one attached hydrogen (secondary N) is 1. The zero-order valence-corrected chi connectivity index (χ0v) is 21.2. The molecule has 0 aliphatic carbocycles. The molecule has 3 fully saturated rings. The maximum atomic E-state index is 14.2. The lowest BCUT2D eigenvalue weighted by Gasteiger charge is -2.50. The van der Waals surface area contributed by atoms with Crippen molar-refractivity contribution in [2.75, 3.05) is 39.4 Å². The van der Waals surface area contributed by atoms with Gasteiger partial charge in [-0.1, -0.05) is 29.3 Å². The van der Waals surface area contributed by atoms with E-state index in [2.05, 4.69) is 5.32 Å². The third kappa shape index (κ3) is 5.61. The molecule has 1 N–H and O–H groups in total. The molecule has 2 aromatic carbocycles. The third-order valence-electron chi connectivity index (χ3n) is 7.81. The minimum atomic E-state index is -0.290. The van der Waals surface area contributed by atoms with Crippen molar-refractivity contribution in [2.24, 2.45) is 5.41 Å². The van der Waals surface area contributed by atoms with E-state index in [1.807, 2.05) is 11.0 Å². The van der Waals surface area contributed by atoms with Crippen LogP contribution in [0.2, 0.25) is 10.0 Å². The predicted molar refractivity (Wildman–Crippen MR) is 135 cm³/mol. The Kier molecular flexibility index (Phi) is 7.54. The average molecular weight is 521 g/mol. The fraction of sp³-hybridized carbons (Fsp3) is 0.519. The summed E-state index contributed by atoms with van der Waals surface area (Å²) in [6.45, 7) is 4.39. The van der Waals surface area contributed by atoms with Crippen molar-refractivity contribution in [1.82, 2.24) is 10.2 Å². The second kappa shape index (κ2) is 10.6. The highest BCUT2D eigenvalue weighted by atomic mass is 35.5. The van der Waals surface area contributed by atoms with Crippen molar-refractivity contribution in [3.8, 4) is 5.75 Å². The Morgan fingerprint density at radius 1 is 1.14 bits per heavy atom. The highest BCUT2D eigenvalue weighted by Gasteiger charge is 2.45. The Bertz CT molecular complexity index is 1050. The third-order valence-corrected chi connectivity index (χ3v) is 8.25. The topological polar surface area (TPSA) is 50.8 Å². The summed E-state index contributed by atoms with van der Waals surface area (Å²) < 4.78 is 25.9. The van der Waals surface area contributed by atoms with Crippen molar-refractivity contribution in [2.45, 2.75) is 44.1 Å². The number of benzene rings is 2. The zero-order chi connectivity index (χ0) is 24.4. The summed E-state index contributed by atoms with van der Waals surface area (Å²) in [7, 11) is 0. The molecule has 5 rings (SSSR count). The van der Waals surface area contributed by atoms with Gasteiger partial charge in [-0.05, 0) is 66.6 Å². The van der Waals surface area contributed by atoms with Gasteiger partial charge in [-0.2, -0.15) is 0 Å².